The van der Waals surface area contributed by atoms with Crippen LogP contribution < -0.4 is 0 Å². The van der Waals surface area contributed by atoms with Crippen molar-refractivity contribution >= 4 is 0 Å². The predicted molar refractivity (Wildman–Crippen MR) is 268 cm³/mol. The summed E-state index contributed by atoms with van der Waals surface area (Å²) in [4.78, 5) is 0. The maximum absolute atomic E-state index is 2.68. The van der Waals surface area contributed by atoms with Gasteiger partial charge in [0.25, 0.3) is 0 Å². The average molecular weight is 889 g/mol. The zero-order valence-electron chi connectivity index (χ0n) is 41.4. The summed E-state index contributed by atoms with van der Waals surface area (Å²) in [5.41, 5.74) is 0. The number of hydrogen-bond donors (Lipinski definition) is 0. The first-order valence-corrected chi connectivity index (χ1v) is 34.2. The van der Waals surface area contributed by atoms with E-state index in [1.807, 2.05) is 0 Å². The van der Waals surface area contributed by atoms with E-state index in [1.165, 1.54) is 250 Å². The Bertz CT molecular complexity index is 732. The van der Waals surface area contributed by atoms with Crippen LogP contribution in [0.25, 0.3) is 0 Å². The van der Waals surface area contributed by atoms with Gasteiger partial charge < -0.3 is 0 Å². The van der Waals surface area contributed by atoms with E-state index >= 15 is 0 Å². The molecule has 0 saturated heterocycles. The van der Waals surface area contributed by atoms with Crippen LogP contribution in [-0.2, 0) is 20.3 Å². The molecule has 344 valence electrons. The van der Waals surface area contributed by atoms with Crippen molar-refractivity contribution in [3.63, 3.8) is 0 Å². The van der Waals surface area contributed by atoms with E-state index in [4.69, 9.17) is 0 Å². The van der Waals surface area contributed by atoms with E-state index in [0.717, 1.165) is 3.63 Å². The number of rotatable bonds is 49. The van der Waals surface area contributed by atoms with Crippen molar-refractivity contribution in [2.75, 3.05) is 0 Å². The monoisotopic (exact) mass is 887 g/mol. The molecule has 58 heavy (non-hydrogen) atoms. The first kappa shape index (κ1) is 58.1. The molecule has 0 unspecified atom stereocenters. The third-order valence-corrected chi connectivity index (χ3v) is 29.8. The molecule has 0 atom stereocenters. The van der Waals surface area contributed by atoms with Gasteiger partial charge in [0.05, 0.1) is 0 Å². The molecule has 0 bridgehead atoms. The first-order valence-electron chi connectivity index (χ1n) is 27.6. The maximum atomic E-state index is 2.68. The summed E-state index contributed by atoms with van der Waals surface area (Å²) in [6, 6.07) is 0. The van der Waals surface area contributed by atoms with Crippen molar-refractivity contribution in [2.45, 2.75) is 320 Å². The molecule has 0 aromatic heterocycles. The Morgan fingerprint density at radius 2 is 0.414 bits per heavy atom. The minimum absolute atomic E-state index is 1.03. The van der Waals surface area contributed by atoms with Crippen molar-refractivity contribution in [1.82, 2.24) is 0 Å². The molecule has 0 nitrogen and oxygen atoms in total. The van der Waals surface area contributed by atoms with Gasteiger partial charge in [0, 0.05) is 0 Å². The Morgan fingerprint density at radius 3 is 0.603 bits per heavy atom. The molecule has 0 aromatic carbocycles. The van der Waals surface area contributed by atoms with Crippen molar-refractivity contribution in [1.29, 1.82) is 0 Å². The molecule has 0 rings (SSSR count). The van der Waals surface area contributed by atoms with Crippen LogP contribution in [0.2, 0.25) is 16.0 Å². The zero-order chi connectivity index (χ0) is 42.1. The molecule has 0 spiro atoms. The molecular weight excluding hydrogens is 776 g/mol. The molecule has 0 aromatic rings. The average Bonchev–Trinajstić information content (AvgIpc) is 3.22. The molecule has 0 N–H and O–H groups in total. The summed E-state index contributed by atoms with van der Waals surface area (Å²) in [6.07, 6.45) is 75.0. The molecule has 0 fully saturated rings. The summed E-state index contributed by atoms with van der Waals surface area (Å²) >= 11 is -2.15. The van der Waals surface area contributed by atoms with Crippen molar-refractivity contribution < 1.29 is 20.3 Å². The number of allylic oxidation sites excluding steroid dienone is 6. The quantitative estimate of drug-likeness (QED) is 0.0422. The van der Waals surface area contributed by atoms with E-state index in [-0.39, 0.29) is 0 Å². The van der Waals surface area contributed by atoms with Gasteiger partial charge in [-0.05, 0) is 0 Å². The third kappa shape index (κ3) is 42.8. The summed E-state index contributed by atoms with van der Waals surface area (Å²) in [5, 5.41) is 0. The second kappa shape index (κ2) is 49.8. The normalized spacial score (nSPS) is 12.5. The van der Waals surface area contributed by atoms with Crippen molar-refractivity contribution in [2.24, 2.45) is 0 Å². The standard InChI is InChI=1S/3C18H35.C3H7.Zr/c3*1-3-5-7-9-11-13-15-17-18-16-14-12-10-8-6-4-2;1-3-2;/h3*17-18H,1,3-16H2,2H3;3H,1-2H3;/b3*18-17-;;. The van der Waals surface area contributed by atoms with Gasteiger partial charge in [-0.25, -0.2) is 0 Å². The molecular formula is C57H112Zr. The fraction of sp³-hybridized carbons (Fsp3) is 0.895. The summed E-state index contributed by atoms with van der Waals surface area (Å²) < 4.78 is 6.13. The van der Waals surface area contributed by atoms with Crippen LogP contribution in [0.1, 0.15) is 304 Å². The Labute approximate surface area is 374 Å². The number of unbranched alkanes of at least 4 members (excludes halogenated alkanes) is 36. The Hall–Kier alpha value is 0.103. The fourth-order valence-corrected chi connectivity index (χ4v) is 22.6. The molecule has 0 radical (unpaired) electrons. The van der Waals surface area contributed by atoms with E-state index < -0.39 is 20.3 Å². The molecule has 0 aliphatic heterocycles. The zero-order valence-corrected chi connectivity index (χ0v) is 43.8. The molecule has 0 aliphatic carbocycles. The second-order valence-corrected chi connectivity index (χ2v) is 32.8. The van der Waals surface area contributed by atoms with E-state index in [9.17, 15) is 0 Å². The van der Waals surface area contributed by atoms with E-state index in [1.54, 1.807) is 31.6 Å². The molecule has 0 heterocycles. The molecule has 0 aliphatic rings. The first-order chi connectivity index (χ1) is 28.6. The third-order valence-electron chi connectivity index (χ3n) is 13.8. The van der Waals surface area contributed by atoms with Gasteiger partial charge in [-0.1, -0.05) is 117 Å². The molecule has 1 heteroatoms. The van der Waals surface area contributed by atoms with Gasteiger partial charge in [-0.3, -0.25) is 0 Å². The van der Waals surface area contributed by atoms with Crippen LogP contribution >= 0.6 is 0 Å². The molecule has 0 saturated carbocycles. The van der Waals surface area contributed by atoms with Crippen LogP contribution in [0.4, 0.5) is 0 Å². The van der Waals surface area contributed by atoms with Crippen LogP contribution in [0.15, 0.2) is 36.5 Å². The Balaban J connectivity index is 4.43. The van der Waals surface area contributed by atoms with Gasteiger partial charge in [0.15, 0.2) is 0 Å². The Morgan fingerprint density at radius 1 is 0.241 bits per heavy atom. The van der Waals surface area contributed by atoms with Crippen molar-refractivity contribution in [3.8, 4) is 0 Å². The van der Waals surface area contributed by atoms with E-state index in [0.29, 0.717) is 0 Å². The van der Waals surface area contributed by atoms with Crippen LogP contribution in [0, 0.1) is 0 Å². The van der Waals surface area contributed by atoms with Gasteiger partial charge in [-0.15, -0.1) is 0 Å². The van der Waals surface area contributed by atoms with Crippen LogP contribution in [-0.4, -0.2) is 0 Å². The van der Waals surface area contributed by atoms with Gasteiger partial charge >= 0.3 is 260 Å². The topological polar surface area (TPSA) is 0 Å². The fourth-order valence-electron chi connectivity index (χ4n) is 9.41. The Kier molecular flexibility index (Phi) is 49.8. The van der Waals surface area contributed by atoms with Crippen molar-refractivity contribution in [3.05, 3.63) is 36.5 Å². The molecule has 0 amide bonds. The SMILES string of the molecule is CCCCCCCC/C=C\CCCCCCC[CH2][Zr]([CH2]CCCCCCC/C=C\CCCCCCCC)([CH2]CCCCCCC/C=C\CCCCCCCC)[CH](C)C. The predicted octanol–water partition coefficient (Wildman–Crippen LogP) is 22.3. The van der Waals surface area contributed by atoms with Gasteiger partial charge in [0.2, 0.25) is 0 Å². The second-order valence-electron chi connectivity index (χ2n) is 19.6. The van der Waals surface area contributed by atoms with E-state index in [2.05, 4.69) is 71.1 Å². The van der Waals surface area contributed by atoms with Gasteiger partial charge in [-0.2, -0.15) is 0 Å². The minimum atomic E-state index is -2.15. The van der Waals surface area contributed by atoms with Crippen LogP contribution in [0.5, 0.6) is 0 Å². The number of hydrogen-bond acceptors (Lipinski definition) is 0. The summed E-state index contributed by atoms with van der Waals surface area (Å²) in [6.45, 7) is 12.3. The van der Waals surface area contributed by atoms with Crippen LogP contribution in [0.3, 0.4) is 0 Å². The summed E-state index contributed by atoms with van der Waals surface area (Å²) in [7, 11) is 0. The van der Waals surface area contributed by atoms with Gasteiger partial charge in [0.1, 0.15) is 0 Å². The summed E-state index contributed by atoms with van der Waals surface area (Å²) in [5.74, 6) is 0.